The standard InChI is InChI=1S/C23H25N3O4/c1-16-2-4-18(5-3-16)21(27)19-20(17-6-8-24-9-7-17)26(23(29)22(19)28)11-10-25-12-14-30-15-13-25/h2-9,20,27H,10-15H2,1H3/b21-19+/t20-/m1/s1. The molecule has 156 valence electrons. The van der Waals surface area contributed by atoms with Gasteiger partial charge in [-0.1, -0.05) is 29.8 Å². The minimum atomic E-state index is -0.656. The highest BCUT2D eigenvalue weighted by Gasteiger charge is 2.46. The Balaban J connectivity index is 1.71. The molecule has 0 spiro atoms. The Hall–Kier alpha value is -3.03. The Morgan fingerprint density at radius 3 is 2.40 bits per heavy atom. The fourth-order valence-corrected chi connectivity index (χ4v) is 3.94. The summed E-state index contributed by atoms with van der Waals surface area (Å²) in [5, 5.41) is 11.0. The lowest BCUT2D eigenvalue weighted by molar-refractivity contribution is -0.140. The lowest BCUT2D eigenvalue weighted by Crippen LogP contribution is -2.42. The van der Waals surface area contributed by atoms with E-state index in [9.17, 15) is 14.7 Å². The Morgan fingerprint density at radius 1 is 1.07 bits per heavy atom. The third kappa shape index (κ3) is 3.99. The molecule has 1 atom stereocenters. The van der Waals surface area contributed by atoms with Gasteiger partial charge in [-0.25, -0.2) is 0 Å². The number of morpholine rings is 1. The second-order valence-corrected chi connectivity index (χ2v) is 7.59. The van der Waals surface area contributed by atoms with Crippen LogP contribution in [0.2, 0.25) is 0 Å². The monoisotopic (exact) mass is 407 g/mol. The van der Waals surface area contributed by atoms with E-state index < -0.39 is 17.7 Å². The number of hydrogen-bond donors (Lipinski definition) is 1. The van der Waals surface area contributed by atoms with E-state index in [1.54, 1.807) is 41.6 Å². The zero-order valence-electron chi connectivity index (χ0n) is 17.0. The van der Waals surface area contributed by atoms with E-state index in [0.717, 1.165) is 24.2 Å². The first-order valence-corrected chi connectivity index (χ1v) is 10.1. The maximum absolute atomic E-state index is 13.0. The van der Waals surface area contributed by atoms with Gasteiger partial charge in [-0.3, -0.25) is 19.5 Å². The molecule has 2 saturated heterocycles. The van der Waals surface area contributed by atoms with Gasteiger partial charge >= 0.3 is 0 Å². The van der Waals surface area contributed by atoms with E-state index in [1.807, 2.05) is 19.1 Å². The first-order valence-electron chi connectivity index (χ1n) is 10.1. The molecule has 0 aliphatic carbocycles. The maximum atomic E-state index is 13.0. The molecule has 30 heavy (non-hydrogen) atoms. The van der Waals surface area contributed by atoms with Crippen molar-refractivity contribution in [2.24, 2.45) is 0 Å². The number of nitrogens with zero attached hydrogens (tertiary/aromatic N) is 3. The molecule has 0 unspecified atom stereocenters. The molecule has 2 aliphatic rings. The summed E-state index contributed by atoms with van der Waals surface area (Å²) in [6.45, 7) is 5.91. The second-order valence-electron chi connectivity index (χ2n) is 7.59. The molecule has 0 saturated carbocycles. The molecule has 1 aromatic heterocycles. The maximum Gasteiger partial charge on any atom is 0.295 e. The van der Waals surface area contributed by atoms with Crippen LogP contribution in [0.15, 0.2) is 54.4 Å². The van der Waals surface area contributed by atoms with Crippen molar-refractivity contribution in [3.63, 3.8) is 0 Å². The average molecular weight is 407 g/mol. The molecular formula is C23H25N3O4. The molecular weight excluding hydrogens is 382 g/mol. The number of ether oxygens (including phenoxy) is 1. The number of carbonyl (C=O) groups is 2. The van der Waals surface area contributed by atoms with Gasteiger partial charge in [0.1, 0.15) is 5.76 Å². The van der Waals surface area contributed by atoms with Crippen molar-refractivity contribution in [1.29, 1.82) is 0 Å². The summed E-state index contributed by atoms with van der Waals surface area (Å²) in [4.78, 5) is 33.7. The van der Waals surface area contributed by atoms with Gasteiger partial charge in [-0.2, -0.15) is 0 Å². The van der Waals surface area contributed by atoms with Gasteiger partial charge in [-0.05, 0) is 24.6 Å². The van der Waals surface area contributed by atoms with Crippen LogP contribution in [-0.2, 0) is 14.3 Å². The van der Waals surface area contributed by atoms with Crippen LogP contribution in [-0.4, -0.2) is 71.0 Å². The molecule has 0 bridgehead atoms. The fourth-order valence-electron chi connectivity index (χ4n) is 3.94. The number of aliphatic hydroxyl groups excluding tert-OH is 1. The number of rotatable bonds is 5. The quantitative estimate of drug-likeness (QED) is 0.465. The smallest absolute Gasteiger partial charge is 0.295 e. The SMILES string of the molecule is Cc1ccc(/C(O)=C2\C(=O)C(=O)N(CCN3CCOCC3)[C@@H]2c2ccncc2)cc1. The lowest BCUT2D eigenvalue weighted by Gasteiger charge is -2.30. The van der Waals surface area contributed by atoms with Crippen molar-refractivity contribution < 1.29 is 19.4 Å². The largest absolute Gasteiger partial charge is 0.507 e. The number of benzene rings is 1. The van der Waals surface area contributed by atoms with E-state index in [-0.39, 0.29) is 11.3 Å². The molecule has 2 fully saturated rings. The minimum absolute atomic E-state index is 0.122. The van der Waals surface area contributed by atoms with E-state index in [2.05, 4.69) is 9.88 Å². The predicted molar refractivity (Wildman–Crippen MR) is 112 cm³/mol. The van der Waals surface area contributed by atoms with Crippen LogP contribution in [0.3, 0.4) is 0 Å². The van der Waals surface area contributed by atoms with Crippen LogP contribution in [0.5, 0.6) is 0 Å². The van der Waals surface area contributed by atoms with E-state index >= 15 is 0 Å². The highest BCUT2D eigenvalue weighted by Crippen LogP contribution is 2.39. The second kappa shape index (κ2) is 8.77. The summed E-state index contributed by atoms with van der Waals surface area (Å²) in [5.74, 6) is -1.39. The topological polar surface area (TPSA) is 83.0 Å². The number of aryl methyl sites for hydroxylation is 1. The fraction of sp³-hybridized carbons (Fsp3) is 0.348. The molecule has 1 N–H and O–H groups in total. The van der Waals surface area contributed by atoms with E-state index in [0.29, 0.717) is 31.9 Å². The summed E-state index contributed by atoms with van der Waals surface area (Å²) < 4.78 is 5.38. The van der Waals surface area contributed by atoms with Crippen LogP contribution in [0.1, 0.15) is 22.7 Å². The van der Waals surface area contributed by atoms with Crippen molar-refractivity contribution in [3.8, 4) is 0 Å². The van der Waals surface area contributed by atoms with Gasteiger partial charge in [0.2, 0.25) is 0 Å². The Bertz CT molecular complexity index is 950. The average Bonchev–Trinajstić information content (AvgIpc) is 3.04. The first kappa shape index (κ1) is 20.3. The zero-order valence-corrected chi connectivity index (χ0v) is 17.0. The number of aliphatic hydroxyl groups is 1. The molecule has 2 aromatic rings. The number of pyridine rings is 1. The lowest BCUT2D eigenvalue weighted by atomic mass is 9.95. The summed E-state index contributed by atoms with van der Waals surface area (Å²) in [7, 11) is 0. The Labute approximate surface area is 175 Å². The summed E-state index contributed by atoms with van der Waals surface area (Å²) in [6, 6.07) is 10.2. The normalized spacial score (nSPS) is 21.9. The van der Waals surface area contributed by atoms with Crippen LogP contribution in [0.4, 0.5) is 0 Å². The van der Waals surface area contributed by atoms with Gasteiger partial charge in [0, 0.05) is 44.1 Å². The van der Waals surface area contributed by atoms with E-state index in [1.165, 1.54) is 0 Å². The van der Waals surface area contributed by atoms with Gasteiger partial charge in [0.25, 0.3) is 11.7 Å². The molecule has 3 heterocycles. The van der Waals surface area contributed by atoms with Gasteiger partial charge < -0.3 is 14.7 Å². The van der Waals surface area contributed by atoms with Crippen LogP contribution < -0.4 is 0 Å². The molecule has 1 aromatic carbocycles. The molecule has 0 radical (unpaired) electrons. The molecule has 7 nitrogen and oxygen atoms in total. The number of likely N-dealkylation sites (tertiary alicyclic amines) is 1. The number of amides is 1. The number of aromatic nitrogens is 1. The molecule has 2 aliphatic heterocycles. The number of Topliss-reactive ketones (excluding diaryl/α,β-unsaturated/α-hetero) is 1. The van der Waals surface area contributed by atoms with Crippen LogP contribution >= 0.6 is 0 Å². The predicted octanol–water partition coefficient (Wildman–Crippen LogP) is 2.14. The first-order chi connectivity index (χ1) is 14.6. The van der Waals surface area contributed by atoms with E-state index in [4.69, 9.17) is 4.74 Å². The summed E-state index contributed by atoms with van der Waals surface area (Å²) >= 11 is 0. The van der Waals surface area contributed by atoms with Crippen LogP contribution in [0.25, 0.3) is 5.76 Å². The van der Waals surface area contributed by atoms with Gasteiger partial charge in [0.05, 0.1) is 24.8 Å². The summed E-state index contributed by atoms with van der Waals surface area (Å²) in [6.07, 6.45) is 3.26. The van der Waals surface area contributed by atoms with Gasteiger partial charge in [0.15, 0.2) is 0 Å². The number of ketones is 1. The molecule has 1 amide bonds. The van der Waals surface area contributed by atoms with Crippen molar-refractivity contribution in [3.05, 3.63) is 71.1 Å². The summed E-state index contributed by atoms with van der Waals surface area (Å²) in [5.41, 5.74) is 2.44. The van der Waals surface area contributed by atoms with Crippen molar-refractivity contribution in [2.75, 3.05) is 39.4 Å². The number of hydrogen-bond acceptors (Lipinski definition) is 6. The van der Waals surface area contributed by atoms with Crippen molar-refractivity contribution in [2.45, 2.75) is 13.0 Å². The number of carbonyl (C=O) groups excluding carboxylic acids is 2. The highest BCUT2D eigenvalue weighted by atomic mass is 16.5. The van der Waals surface area contributed by atoms with Gasteiger partial charge in [-0.15, -0.1) is 0 Å². The van der Waals surface area contributed by atoms with Crippen molar-refractivity contribution in [1.82, 2.24) is 14.8 Å². The third-order valence-corrected chi connectivity index (χ3v) is 5.65. The highest BCUT2D eigenvalue weighted by molar-refractivity contribution is 6.46. The van der Waals surface area contributed by atoms with Crippen molar-refractivity contribution >= 4 is 17.4 Å². The Kier molecular flexibility index (Phi) is 5.92. The molecule has 4 rings (SSSR count). The third-order valence-electron chi connectivity index (χ3n) is 5.65. The molecule has 7 heteroatoms. The van der Waals surface area contributed by atoms with Crippen LogP contribution in [0, 0.1) is 6.92 Å². The minimum Gasteiger partial charge on any atom is -0.507 e. The zero-order chi connectivity index (χ0) is 21.1. The Morgan fingerprint density at radius 2 is 1.73 bits per heavy atom.